The maximum Gasteiger partial charge on any atom is 0.157 e. The molecule has 3 nitrogen and oxygen atoms in total. The molecular formula is C9H12N2O. The van der Waals surface area contributed by atoms with E-state index in [9.17, 15) is 0 Å². The Bertz CT molecular complexity index is 232. The molecule has 0 N–H and O–H groups in total. The van der Waals surface area contributed by atoms with Crippen LogP contribution in [-0.4, -0.2) is 16.6 Å². The SMILES string of the molecule is c1cnc(C2CCCCO2)nc1. The van der Waals surface area contributed by atoms with Crippen LogP contribution in [0.4, 0.5) is 0 Å². The predicted molar refractivity (Wildman–Crippen MR) is 44.6 cm³/mol. The Labute approximate surface area is 71.8 Å². The fourth-order valence-corrected chi connectivity index (χ4v) is 1.42. The average Bonchev–Trinajstić information content (AvgIpc) is 2.21. The fourth-order valence-electron chi connectivity index (χ4n) is 1.42. The number of hydrogen-bond donors (Lipinski definition) is 0. The van der Waals surface area contributed by atoms with Gasteiger partial charge in [-0.25, -0.2) is 9.97 Å². The van der Waals surface area contributed by atoms with E-state index >= 15 is 0 Å². The van der Waals surface area contributed by atoms with Gasteiger partial charge in [0.1, 0.15) is 6.10 Å². The van der Waals surface area contributed by atoms with Crippen LogP contribution in [0.1, 0.15) is 31.2 Å². The van der Waals surface area contributed by atoms with Gasteiger partial charge in [0.15, 0.2) is 5.82 Å². The lowest BCUT2D eigenvalue weighted by atomic mass is 10.1. The zero-order valence-electron chi connectivity index (χ0n) is 6.94. The van der Waals surface area contributed by atoms with Crippen molar-refractivity contribution in [3.05, 3.63) is 24.3 Å². The van der Waals surface area contributed by atoms with Crippen LogP contribution in [0.5, 0.6) is 0 Å². The third-order valence-corrected chi connectivity index (χ3v) is 2.05. The molecule has 64 valence electrons. The van der Waals surface area contributed by atoms with Gasteiger partial charge < -0.3 is 4.74 Å². The van der Waals surface area contributed by atoms with Gasteiger partial charge in [-0.3, -0.25) is 0 Å². The Hall–Kier alpha value is -0.960. The molecule has 1 atom stereocenters. The number of rotatable bonds is 1. The van der Waals surface area contributed by atoms with Crippen molar-refractivity contribution in [2.24, 2.45) is 0 Å². The first kappa shape index (κ1) is 7.68. The van der Waals surface area contributed by atoms with Crippen LogP contribution < -0.4 is 0 Å². The van der Waals surface area contributed by atoms with Crippen LogP contribution in [0.25, 0.3) is 0 Å². The number of nitrogens with zero attached hydrogens (tertiary/aromatic N) is 2. The number of aromatic nitrogens is 2. The summed E-state index contributed by atoms with van der Waals surface area (Å²) in [6, 6.07) is 1.83. The molecule has 0 aliphatic carbocycles. The van der Waals surface area contributed by atoms with E-state index < -0.39 is 0 Å². The minimum atomic E-state index is 0.139. The summed E-state index contributed by atoms with van der Waals surface area (Å²) in [4.78, 5) is 8.33. The van der Waals surface area contributed by atoms with Crippen molar-refractivity contribution in [3.8, 4) is 0 Å². The Morgan fingerprint density at radius 3 is 2.75 bits per heavy atom. The highest BCUT2D eigenvalue weighted by Gasteiger charge is 2.17. The maximum atomic E-state index is 5.54. The highest BCUT2D eigenvalue weighted by molar-refractivity contribution is 4.93. The van der Waals surface area contributed by atoms with Gasteiger partial charge >= 0.3 is 0 Å². The molecule has 2 rings (SSSR count). The van der Waals surface area contributed by atoms with Gasteiger partial charge in [-0.05, 0) is 25.3 Å². The Morgan fingerprint density at radius 2 is 2.08 bits per heavy atom. The minimum absolute atomic E-state index is 0.139. The third kappa shape index (κ3) is 1.61. The molecule has 1 aliphatic rings. The summed E-state index contributed by atoms with van der Waals surface area (Å²) in [5, 5.41) is 0. The normalized spacial score (nSPS) is 23.8. The van der Waals surface area contributed by atoms with Gasteiger partial charge in [0.2, 0.25) is 0 Å². The summed E-state index contributed by atoms with van der Waals surface area (Å²) >= 11 is 0. The molecule has 1 fully saturated rings. The van der Waals surface area contributed by atoms with Gasteiger partial charge in [0, 0.05) is 19.0 Å². The Kier molecular flexibility index (Phi) is 2.32. The third-order valence-electron chi connectivity index (χ3n) is 2.05. The largest absolute Gasteiger partial charge is 0.370 e. The van der Waals surface area contributed by atoms with E-state index in [0.29, 0.717) is 0 Å². The van der Waals surface area contributed by atoms with Crippen LogP contribution >= 0.6 is 0 Å². The first-order valence-corrected chi connectivity index (χ1v) is 4.35. The molecule has 2 heterocycles. The smallest absolute Gasteiger partial charge is 0.157 e. The van der Waals surface area contributed by atoms with Crippen molar-refractivity contribution in [3.63, 3.8) is 0 Å². The van der Waals surface area contributed by atoms with Crippen LogP contribution in [0, 0.1) is 0 Å². The molecular weight excluding hydrogens is 152 g/mol. The second-order valence-electron chi connectivity index (χ2n) is 2.96. The predicted octanol–water partition coefficient (Wildman–Crippen LogP) is 1.72. The van der Waals surface area contributed by atoms with Crippen molar-refractivity contribution < 1.29 is 4.74 Å². The average molecular weight is 164 g/mol. The van der Waals surface area contributed by atoms with Crippen molar-refractivity contribution in [1.29, 1.82) is 0 Å². The molecule has 1 aromatic heterocycles. The van der Waals surface area contributed by atoms with E-state index in [1.165, 1.54) is 12.8 Å². The van der Waals surface area contributed by atoms with Crippen molar-refractivity contribution in [2.45, 2.75) is 25.4 Å². The van der Waals surface area contributed by atoms with Crippen LogP contribution in [0.2, 0.25) is 0 Å². The molecule has 12 heavy (non-hydrogen) atoms. The van der Waals surface area contributed by atoms with E-state index in [0.717, 1.165) is 18.9 Å². The van der Waals surface area contributed by atoms with Gasteiger partial charge in [-0.15, -0.1) is 0 Å². The summed E-state index contributed by atoms with van der Waals surface area (Å²) in [6.45, 7) is 0.850. The highest BCUT2D eigenvalue weighted by Crippen LogP contribution is 2.24. The molecule has 0 aromatic carbocycles. The Balaban J connectivity index is 2.08. The van der Waals surface area contributed by atoms with E-state index in [4.69, 9.17) is 4.74 Å². The topological polar surface area (TPSA) is 35.0 Å². The van der Waals surface area contributed by atoms with E-state index in [-0.39, 0.29) is 6.10 Å². The standard InChI is InChI=1S/C9H12N2O/c1-2-7-12-8(4-1)9-10-5-3-6-11-9/h3,5-6,8H,1-2,4,7H2. The molecule has 1 aliphatic heterocycles. The van der Waals surface area contributed by atoms with E-state index in [1.807, 2.05) is 6.07 Å². The zero-order valence-corrected chi connectivity index (χ0v) is 6.94. The van der Waals surface area contributed by atoms with Crippen LogP contribution in [0.3, 0.4) is 0 Å². The summed E-state index contributed by atoms with van der Waals surface area (Å²) in [6.07, 6.45) is 7.12. The molecule has 0 bridgehead atoms. The van der Waals surface area contributed by atoms with Gasteiger partial charge in [0.25, 0.3) is 0 Å². The van der Waals surface area contributed by atoms with Crippen molar-refractivity contribution in [1.82, 2.24) is 9.97 Å². The Morgan fingerprint density at radius 1 is 1.25 bits per heavy atom. The summed E-state index contributed by atoms with van der Waals surface area (Å²) < 4.78 is 5.54. The summed E-state index contributed by atoms with van der Waals surface area (Å²) in [7, 11) is 0. The second kappa shape index (κ2) is 3.63. The minimum Gasteiger partial charge on any atom is -0.370 e. The van der Waals surface area contributed by atoms with Gasteiger partial charge in [0.05, 0.1) is 0 Å². The number of hydrogen-bond acceptors (Lipinski definition) is 3. The molecule has 0 radical (unpaired) electrons. The van der Waals surface area contributed by atoms with Crippen molar-refractivity contribution >= 4 is 0 Å². The van der Waals surface area contributed by atoms with Crippen LogP contribution in [-0.2, 0) is 4.74 Å². The van der Waals surface area contributed by atoms with Gasteiger partial charge in [-0.2, -0.15) is 0 Å². The second-order valence-corrected chi connectivity index (χ2v) is 2.96. The quantitative estimate of drug-likeness (QED) is 0.634. The highest BCUT2D eigenvalue weighted by atomic mass is 16.5. The maximum absolute atomic E-state index is 5.54. The van der Waals surface area contributed by atoms with Crippen molar-refractivity contribution in [2.75, 3.05) is 6.61 Å². The molecule has 0 spiro atoms. The molecule has 0 saturated carbocycles. The summed E-state index contributed by atoms with van der Waals surface area (Å²) in [5.41, 5.74) is 0. The molecule has 0 amide bonds. The first-order valence-electron chi connectivity index (χ1n) is 4.35. The molecule has 1 saturated heterocycles. The molecule has 3 heteroatoms. The lowest BCUT2D eigenvalue weighted by molar-refractivity contribution is 0.00943. The fraction of sp³-hybridized carbons (Fsp3) is 0.556. The lowest BCUT2D eigenvalue weighted by Gasteiger charge is -2.20. The zero-order chi connectivity index (χ0) is 8.23. The molecule has 1 unspecified atom stereocenters. The molecule has 1 aromatic rings. The monoisotopic (exact) mass is 164 g/mol. The first-order chi connectivity index (χ1) is 5.97. The van der Waals surface area contributed by atoms with E-state index in [1.54, 1.807) is 12.4 Å². The van der Waals surface area contributed by atoms with Crippen LogP contribution in [0.15, 0.2) is 18.5 Å². The van der Waals surface area contributed by atoms with Gasteiger partial charge in [-0.1, -0.05) is 0 Å². The van der Waals surface area contributed by atoms with E-state index in [2.05, 4.69) is 9.97 Å². The lowest BCUT2D eigenvalue weighted by Crippen LogP contribution is -2.13. The number of ether oxygens (including phenoxy) is 1. The summed E-state index contributed by atoms with van der Waals surface area (Å²) in [5.74, 6) is 0.831.